The fourth-order valence-electron chi connectivity index (χ4n) is 7.27. The lowest BCUT2D eigenvalue weighted by Crippen LogP contribution is -2.32. The Hall–Kier alpha value is -4.96. The number of para-hydroxylation sites is 1. The molecule has 1 saturated heterocycles. The summed E-state index contributed by atoms with van der Waals surface area (Å²) < 4.78 is 5.38. The van der Waals surface area contributed by atoms with Crippen LogP contribution in [0.4, 0.5) is 11.4 Å². The Balaban J connectivity index is 1.15. The molecular weight excluding hydrogens is 598 g/mol. The molecule has 2 heterocycles. The van der Waals surface area contributed by atoms with Crippen LogP contribution in [0.2, 0.25) is 5.02 Å². The number of Topliss-reactive ketones (excluding diaryl/α,β-unsaturated/α-hetero) is 1. The molecule has 226 valence electrons. The van der Waals surface area contributed by atoms with E-state index in [0.717, 1.165) is 30.9 Å². The predicted molar refractivity (Wildman–Crippen MR) is 165 cm³/mol. The summed E-state index contributed by atoms with van der Waals surface area (Å²) >= 11 is 5.85. The van der Waals surface area contributed by atoms with Crippen LogP contribution >= 0.6 is 11.6 Å². The summed E-state index contributed by atoms with van der Waals surface area (Å²) in [5.41, 5.74) is 2.77. The molecule has 4 atom stereocenters. The first-order chi connectivity index (χ1) is 21.6. The quantitative estimate of drug-likeness (QED) is 0.0764. The van der Waals surface area contributed by atoms with Crippen molar-refractivity contribution < 1.29 is 28.8 Å². The zero-order valence-corrected chi connectivity index (χ0v) is 24.8. The predicted octanol–water partition coefficient (Wildman–Crippen LogP) is 6.35. The maximum atomic E-state index is 13.4. The minimum Gasteiger partial charge on any atom is -0.454 e. The number of anilines is 1. The van der Waals surface area contributed by atoms with E-state index in [2.05, 4.69) is 0 Å². The maximum absolute atomic E-state index is 13.4. The first-order valence-corrected chi connectivity index (χ1v) is 15.0. The van der Waals surface area contributed by atoms with Gasteiger partial charge in [-0.3, -0.25) is 29.4 Å². The molecule has 3 aromatic carbocycles. The van der Waals surface area contributed by atoms with Gasteiger partial charge in [0.15, 0.2) is 6.61 Å². The molecule has 3 aliphatic rings. The highest BCUT2D eigenvalue weighted by molar-refractivity contribution is 6.32. The van der Waals surface area contributed by atoms with Crippen LogP contribution < -0.4 is 4.90 Å². The van der Waals surface area contributed by atoms with Crippen molar-refractivity contribution in [2.75, 3.05) is 11.5 Å². The van der Waals surface area contributed by atoms with Crippen LogP contribution in [0.3, 0.4) is 0 Å². The number of nitrogens with zero attached hydrogens (tertiary/aromatic N) is 3. The number of hydrogen-bond acceptors (Lipinski definition) is 8. The lowest BCUT2D eigenvalue weighted by atomic mass is 9.81. The number of ether oxygens (including phenoxy) is 1. The van der Waals surface area contributed by atoms with Gasteiger partial charge < -0.3 is 4.74 Å². The number of carbonyl (C=O) groups is 4. The number of esters is 1. The van der Waals surface area contributed by atoms with E-state index in [4.69, 9.17) is 21.3 Å². The number of nitro groups is 1. The molecule has 1 aromatic heterocycles. The number of hydrogen-bond donors (Lipinski definition) is 0. The number of nitro benzene ring substituents is 1. The number of aryl methyl sites for hydroxylation is 1. The van der Waals surface area contributed by atoms with Gasteiger partial charge in [-0.2, -0.15) is 0 Å². The van der Waals surface area contributed by atoms with E-state index in [-0.39, 0.29) is 39.8 Å². The second kappa shape index (κ2) is 10.9. The summed E-state index contributed by atoms with van der Waals surface area (Å²) in [6, 6.07) is 17.5. The number of pyridine rings is 1. The molecule has 0 radical (unpaired) electrons. The topological polar surface area (TPSA) is 137 Å². The van der Waals surface area contributed by atoms with Crippen molar-refractivity contribution in [1.82, 2.24) is 4.98 Å². The Kier molecular flexibility index (Phi) is 6.96. The Morgan fingerprint density at radius 1 is 1.00 bits per heavy atom. The monoisotopic (exact) mass is 623 g/mol. The van der Waals surface area contributed by atoms with Crippen molar-refractivity contribution in [2.24, 2.45) is 23.7 Å². The van der Waals surface area contributed by atoms with Gasteiger partial charge >= 0.3 is 5.97 Å². The van der Waals surface area contributed by atoms with E-state index in [9.17, 15) is 29.3 Å². The lowest BCUT2D eigenvalue weighted by molar-refractivity contribution is -0.384. The molecule has 4 aromatic rings. The van der Waals surface area contributed by atoms with Crippen LogP contribution in [0.5, 0.6) is 0 Å². The number of halogens is 1. The van der Waals surface area contributed by atoms with Gasteiger partial charge in [0.05, 0.1) is 39.2 Å². The minimum absolute atomic E-state index is 0.0126. The Morgan fingerprint density at radius 2 is 1.69 bits per heavy atom. The van der Waals surface area contributed by atoms with Gasteiger partial charge in [-0.1, -0.05) is 41.9 Å². The average Bonchev–Trinajstić information content (AvgIpc) is 3.73. The maximum Gasteiger partial charge on any atom is 0.339 e. The van der Waals surface area contributed by atoms with Crippen LogP contribution in [0.25, 0.3) is 22.2 Å². The summed E-state index contributed by atoms with van der Waals surface area (Å²) in [7, 11) is 0. The highest BCUT2D eigenvalue weighted by Gasteiger charge is 2.61. The van der Waals surface area contributed by atoms with Crippen molar-refractivity contribution in [3.63, 3.8) is 0 Å². The summed E-state index contributed by atoms with van der Waals surface area (Å²) in [5, 5.41) is 11.6. The molecule has 2 aliphatic carbocycles. The van der Waals surface area contributed by atoms with E-state index >= 15 is 0 Å². The van der Waals surface area contributed by atoms with Crippen LogP contribution in [0.1, 0.15) is 45.5 Å². The van der Waals surface area contributed by atoms with Crippen molar-refractivity contribution in [3.05, 3.63) is 98.6 Å². The first-order valence-electron chi connectivity index (χ1n) is 14.6. The van der Waals surface area contributed by atoms with Gasteiger partial charge in [-0.15, -0.1) is 0 Å². The van der Waals surface area contributed by atoms with E-state index in [0.29, 0.717) is 39.7 Å². The fraction of sp³-hybridized carbons (Fsp3) is 0.265. The van der Waals surface area contributed by atoms with Crippen LogP contribution in [0, 0.1) is 40.7 Å². The average molecular weight is 624 g/mol. The number of benzene rings is 3. The number of ketones is 1. The number of imide groups is 1. The normalized spacial score (nSPS) is 21.8. The summed E-state index contributed by atoms with van der Waals surface area (Å²) in [5.74, 6) is -1.45. The number of amides is 2. The van der Waals surface area contributed by atoms with Crippen LogP contribution in [0.15, 0.2) is 66.7 Å². The second-order valence-electron chi connectivity index (χ2n) is 11.9. The van der Waals surface area contributed by atoms with Gasteiger partial charge in [-0.05, 0) is 73.9 Å². The molecule has 2 bridgehead atoms. The molecule has 1 aliphatic heterocycles. The zero-order chi connectivity index (χ0) is 31.6. The third-order valence-electron chi connectivity index (χ3n) is 9.41. The molecule has 2 saturated carbocycles. The molecule has 2 amide bonds. The molecular formula is C34H26ClN3O7. The van der Waals surface area contributed by atoms with E-state index in [1.54, 1.807) is 42.5 Å². The Labute approximate surface area is 262 Å². The summed E-state index contributed by atoms with van der Waals surface area (Å²) in [6.07, 6.45) is 2.98. The third-order valence-corrected chi connectivity index (χ3v) is 9.73. The highest BCUT2D eigenvalue weighted by Crippen LogP contribution is 2.56. The van der Waals surface area contributed by atoms with Crippen molar-refractivity contribution in [3.8, 4) is 11.3 Å². The molecule has 11 heteroatoms. The number of rotatable bonds is 7. The third kappa shape index (κ3) is 4.76. The van der Waals surface area contributed by atoms with Crippen molar-refractivity contribution in [1.29, 1.82) is 0 Å². The number of aromatic nitrogens is 1. The van der Waals surface area contributed by atoms with Crippen molar-refractivity contribution >= 4 is 57.4 Å². The molecule has 10 nitrogen and oxygen atoms in total. The number of carbonyl (C=O) groups excluding carboxylic acids is 4. The Morgan fingerprint density at radius 3 is 2.36 bits per heavy atom. The summed E-state index contributed by atoms with van der Waals surface area (Å²) in [4.78, 5) is 69.3. The van der Waals surface area contributed by atoms with Gasteiger partial charge in [0.25, 0.3) is 5.69 Å². The molecule has 45 heavy (non-hydrogen) atoms. The fourth-order valence-corrected chi connectivity index (χ4v) is 7.46. The molecule has 7 rings (SSSR count). The van der Waals surface area contributed by atoms with Gasteiger partial charge in [0.1, 0.15) is 5.02 Å². The van der Waals surface area contributed by atoms with Gasteiger partial charge in [-0.25, -0.2) is 9.78 Å². The Bertz CT molecular complexity index is 1930. The lowest BCUT2D eigenvalue weighted by Gasteiger charge is -2.19. The molecule has 0 N–H and O–H groups in total. The van der Waals surface area contributed by atoms with Crippen LogP contribution in [-0.4, -0.2) is 40.1 Å². The SMILES string of the molecule is Cc1cccc2c(C(=O)OCC(=O)c3ccc(Cl)c([N+](=O)[O-])c3)cc(-c3ccc(N4C(=O)C5C6CCC(C6)C5C4=O)cc3)nc12. The smallest absolute Gasteiger partial charge is 0.339 e. The summed E-state index contributed by atoms with van der Waals surface area (Å²) in [6.45, 7) is 1.22. The number of fused-ring (bicyclic) bond motifs is 6. The second-order valence-corrected chi connectivity index (χ2v) is 12.3. The first kappa shape index (κ1) is 28.8. The molecule has 3 fully saturated rings. The largest absolute Gasteiger partial charge is 0.454 e. The zero-order valence-electron chi connectivity index (χ0n) is 24.1. The van der Waals surface area contributed by atoms with E-state index in [1.165, 1.54) is 17.0 Å². The van der Waals surface area contributed by atoms with Gasteiger partial charge in [0.2, 0.25) is 17.6 Å². The molecule has 4 unspecified atom stereocenters. The highest BCUT2D eigenvalue weighted by atomic mass is 35.5. The van der Waals surface area contributed by atoms with Crippen molar-refractivity contribution in [2.45, 2.75) is 26.2 Å². The standard InChI is InChI=1S/C34H26ClN3O7/c1-17-3-2-4-23-24(34(42)45-16-28(39)19-9-12-25(35)27(14-19)38(43)44)15-26(36-31(17)23)18-7-10-22(11-8-18)37-32(40)29-20-5-6-21(13-20)30(29)33(37)41/h2-4,7-12,14-15,20-21,29-30H,5-6,13,16H2,1H3. The minimum atomic E-state index is -0.767. The molecule has 0 spiro atoms. The van der Waals surface area contributed by atoms with E-state index < -0.39 is 29.0 Å². The van der Waals surface area contributed by atoms with E-state index in [1.807, 2.05) is 13.0 Å². The van der Waals surface area contributed by atoms with Gasteiger partial charge in [0, 0.05) is 22.6 Å². The van der Waals surface area contributed by atoms with Crippen LogP contribution in [-0.2, 0) is 14.3 Å².